The Labute approximate surface area is 159 Å². The van der Waals surface area contributed by atoms with Crippen LogP contribution in [0.4, 0.5) is 29.2 Å². The third-order valence-corrected chi connectivity index (χ3v) is 4.05. The van der Waals surface area contributed by atoms with Gasteiger partial charge in [0, 0.05) is 5.69 Å². The van der Waals surface area contributed by atoms with E-state index in [2.05, 4.69) is 25.0 Å². The van der Waals surface area contributed by atoms with Crippen LogP contribution >= 0.6 is 23.4 Å². The Morgan fingerprint density at radius 3 is 2.33 bits per heavy atom. The molecular formula is C16H9ClF4N4OS. The number of alkyl halides is 3. The molecular weight excluding hydrogens is 408 g/mol. The number of rotatable bonds is 5. The largest absolute Gasteiger partial charge is 0.573 e. The minimum Gasteiger partial charge on any atom is -0.406 e. The van der Waals surface area contributed by atoms with Crippen LogP contribution in [0.25, 0.3) is 0 Å². The van der Waals surface area contributed by atoms with Crippen LogP contribution < -0.4 is 10.1 Å². The summed E-state index contributed by atoms with van der Waals surface area (Å²) in [6.45, 7) is 0. The van der Waals surface area contributed by atoms with Gasteiger partial charge in [-0.05, 0) is 59.8 Å². The van der Waals surface area contributed by atoms with E-state index in [0.29, 0.717) is 10.6 Å². The van der Waals surface area contributed by atoms with Gasteiger partial charge in [0.25, 0.3) is 0 Å². The van der Waals surface area contributed by atoms with Crippen LogP contribution in [0.5, 0.6) is 5.75 Å². The summed E-state index contributed by atoms with van der Waals surface area (Å²) in [4.78, 5) is 12.2. The van der Waals surface area contributed by atoms with Crippen molar-refractivity contribution in [2.24, 2.45) is 0 Å². The van der Waals surface area contributed by atoms with Crippen LogP contribution in [0, 0.1) is 5.82 Å². The summed E-state index contributed by atoms with van der Waals surface area (Å²) in [5.41, 5.74) is 0.397. The predicted octanol–water partition coefficient (Wildman–Crippen LogP) is 5.46. The standard InChI is InChI=1S/C16H9ClF4N4OS/c17-13-23-14(22-9-5-7-10(8-6-9)26-16(19,20)21)25-15(24-13)27-12-4-2-1-3-11(12)18/h1-8H,(H,22,23,24,25). The van der Waals surface area contributed by atoms with Gasteiger partial charge in [-0.1, -0.05) is 12.1 Å². The Morgan fingerprint density at radius 2 is 1.67 bits per heavy atom. The van der Waals surface area contributed by atoms with Crippen molar-refractivity contribution in [3.63, 3.8) is 0 Å². The molecule has 27 heavy (non-hydrogen) atoms. The fourth-order valence-electron chi connectivity index (χ4n) is 1.93. The van der Waals surface area contributed by atoms with Gasteiger partial charge >= 0.3 is 6.36 Å². The van der Waals surface area contributed by atoms with Gasteiger partial charge in [-0.15, -0.1) is 13.2 Å². The van der Waals surface area contributed by atoms with Crippen molar-refractivity contribution in [1.82, 2.24) is 15.0 Å². The van der Waals surface area contributed by atoms with Gasteiger partial charge < -0.3 is 10.1 Å². The summed E-state index contributed by atoms with van der Waals surface area (Å²) in [6, 6.07) is 11.0. The maximum atomic E-state index is 13.7. The molecule has 1 aromatic heterocycles. The third kappa shape index (κ3) is 5.69. The Bertz CT molecular complexity index is 940. The van der Waals surface area contributed by atoms with Crippen LogP contribution in [-0.2, 0) is 0 Å². The zero-order chi connectivity index (χ0) is 19.4. The number of nitrogens with one attached hydrogen (secondary N) is 1. The molecule has 0 saturated heterocycles. The number of anilines is 2. The molecule has 1 heterocycles. The Morgan fingerprint density at radius 1 is 0.963 bits per heavy atom. The highest BCUT2D eigenvalue weighted by molar-refractivity contribution is 7.99. The summed E-state index contributed by atoms with van der Waals surface area (Å²) in [5.74, 6) is -0.746. The maximum Gasteiger partial charge on any atom is 0.573 e. The zero-order valence-electron chi connectivity index (χ0n) is 13.2. The SMILES string of the molecule is Fc1ccccc1Sc1nc(Cl)nc(Nc2ccc(OC(F)(F)F)cc2)n1. The van der Waals surface area contributed by atoms with Gasteiger partial charge in [0.1, 0.15) is 11.6 Å². The van der Waals surface area contributed by atoms with Crippen molar-refractivity contribution < 1.29 is 22.3 Å². The van der Waals surface area contributed by atoms with E-state index in [4.69, 9.17) is 11.6 Å². The number of hydrogen-bond donors (Lipinski definition) is 1. The van der Waals surface area contributed by atoms with Gasteiger partial charge in [-0.25, -0.2) is 4.39 Å². The van der Waals surface area contributed by atoms with Gasteiger partial charge in [0.15, 0.2) is 5.16 Å². The van der Waals surface area contributed by atoms with Crippen molar-refractivity contribution in [2.75, 3.05) is 5.32 Å². The van der Waals surface area contributed by atoms with Crippen LogP contribution in [-0.4, -0.2) is 21.3 Å². The highest BCUT2D eigenvalue weighted by Crippen LogP contribution is 2.29. The van der Waals surface area contributed by atoms with Crippen molar-refractivity contribution in [1.29, 1.82) is 0 Å². The summed E-state index contributed by atoms with van der Waals surface area (Å²) < 4.78 is 54.1. The second kappa shape index (κ2) is 7.97. The topological polar surface area (TPSA) is 59.9 Å². The first-order valence-electron chi connectivity index (χ1n) is 7.25. The molecule has 0 aliphatic rings. The molecule has 11 heteroatoms. The van der Waals surface area contributed by atoms with E-state index in [-0.39, 0.29) is 22.1 Å². The quantitative estimate of drug-likeness (QED) is 0.557. The second-order valence-electron chi connectivity index (χ2n) is 4.94. The van der Waals surface area contributed by atoms with Crippen molar-refractivity contribution >= 4 is 35.0 Å². The van der Waals surface area contributed by atoms with Crippen molar-refractivity contribution in [2.45, 2.75) is 16.4 Å². The smallest absolute Gasteiger partial charge is 0.406 e. The molecule has 2 aromatic carbocycles. The van der Waals surface area contributed by atoms with E-state index < -0.39 is 12.2 Å². The monoisotopic (exact) mass is 416 g/mol. The molecule has 0 atom stereocenters. The zero-order valence-corrected chi connectivity index (χ0v) is 14.7. The lowest BCUT2D eigenvalue weighted by atomic mass is 10.3. The van der Waals surface area contributed by atoms with Crippen LogP contribution in [0.1, 0.15) is 0 Å². The number of aromatic nitrogens is 3. The highest BCUT2D eigenvalue weighted by Gasteiger charge is 2.30. The van der Waals surface area contributed by atoms with Gasteiger partial charge in [-0.3, -0.25) is 0 Å². The van der Waals surface area contributed by atoms with E-state index in [1.165, 1.54) is 18.2 Å². The fourth-order valence-corrected chi connectivity index (χ4v) is 2.91. The minimum absolute atomic E-state index is 0.0540. The first-order valence-corrected chi connectivity index (χ1v) is 8.45. The van der Waals surface area contributed by atoms with Crippen molar-refractivity contribution in [3.8, 4) is 5.75 Å². The van der Waals surface area contributed by atoms with E-state index in [1.54, 1.807) is 18.2 Å². The Kier molecular flexibility index (Phi) is 5.66. The first-order chi connectivity index (χ1) is 12.8. The molecule has 0 unspecified atom stereocenters. The summed E-state index contributed by atoms with van der Waals surface area (Å²) in [6.07, 6.45) is -4.77. The number of nitrogens with zero attached hydrogens (tertiary/aromatic N) is 3. The molecule has 0 aliphatic heterocycles. The lowest BCUT2D eigenvalue weighted by molar-refractivity contribution is -0.274. The Balaban J connectivity index is 1.75. The first kappa shape index (κ1) is 19.2. The molecule has 0 amide bonds. The van der Waals surface area contributed by atoms with Crippen LogP contribution in [0.15, 0.2) is 58.6 Å². The summed E-state index contributed by atoms with van der Waals surface area (Å²) in [7, 11) is 0. The normalized spacial score (nSPS) is 11.3. The molecule has 0 spiro atoms. The fraction of sp³-hybridized carbons (Fsp3) is 0.0625. The molecule has 3 rings (SSSR count). The van der Waals surface area contributed by atoms with Gasteiger partial charge in [0.05, 0.1) is 4.90 Å². The van der Waals surface area contributed by atoms with E-state index in [1.807, 2.05) is 0 Å². The lowest BCUT2D eigenvalue weighted by Gasteiger charge is -2.10. The minimum atomic E-state index is -4.77. The molecule has 0 radical (unpaired) electrons. The van der Waals surface area contributed by atoms with E-state index in [9.17, 15) is 17.6 Å². The second-order valence-corrected chi connectivity index (χ2v) is 6.29. The predicted molar refractivity (Wildman–Crippen MR) is 91.8 cm³/mol. The lowest BCUT2D eigenvalue weighted by Crippen LogP contribution is -2.17. The molecule has 0 aliphatic carbocycles. The molecule has 0 saturated carbocycles. The van der Waals surface area contributed by atoms with Crippen molar-refractivity contribution in [3.05, 3.63) is 59.6 Å². The Hall–Kier alpha value is -2.59. The number of benzene rings is 2. The summed E-state index contributed by atoms with van der Waals surface area (Å²) in [5, 5.41) is 2.82. The molecule has 0 fully saturated rings. The molecule has 5 nitrogen and oxygen atoms in total. The van der Waals surface area contributed by atoms with E-state index >= 15 is 0 Å². The third-order valence-electron chi connectivity index (χ3n) is 2.97. The van der Waals surface area contributed by atoms with Crippen LogP contribution in [0.2, 0.25) is 5.28 Å². The molecule has 140 valence electrons. The molecule has 0 bridgehead atoms. The van der Waals surface area contributed by atoms with Gasteiger partial charge in [0.2, 0.25) is 11.2 Å². The average Bonchev–Trinajstić information content (AvgIpc) is 2.57. The number of halogens is 5. The molecule has 3 aromatic rings. The van der Waals surface area contributed by atoms with Crippen LogP contribution in [0.3, 0.4) is 0 Å². The number of ether oxygens (including phenoxy) is 1. The molecule has 1 N–H and O–H groups in total. The van der Waals surface area contributed by atoms with E-state index in [0.717, 1.165) is 23.9 Å². The number of hydrogen-bond acceptors (Lipinski definition) is 6. The summed E-state index contributed by atoms with van der Waals surface area (Å²) >= 11 is 6.82. The maximum absolute atomic E-state index is 13.7. The van der Waals surface area contributed by atoms with Gasteiger partial charge in [-0.2, -0.15) is 15.0 Å². The average molecular weight is 417 g/mol. The highest BCUT2D eigenvalue weighted by atomic mass is 35.5.